The number of unbranched alkanes of at least 4 members (excludes halogenated alkanes) is 10. The molecule has 0 atom stereocenters. The van der Waals surface area contributed by atoms with Gasteiger partial charge in [0.2, 0.25) is 0 Å². The van der Waals surface area contributed by atoms with Crippen LogP contribution in [0.4, 0.5) is 0 Å². The molecule has 0 aliphatic heterocycles. The van der Waals surface area contributed by atoms with Crippen LogP contribution < -0.4 is 5.32 Å². The molecule has 0 heterocycles. The molecule has 0 bridgehead atoms. The van der Waals surface area contributed by atoms with Gasteiger partial charge in [0.15, 0.2) is 0 Å². The van der Waals surface area contributed by atoms with E-state index in [9.17, 15) is 4.79 Å². The average Bonchev–Trinajstić information content (AvgIpc) is 2.40. The lowest BCUT2D eigenvalue weighted by Crippen LogP contribution is -2.22. The monoisotopic (exact) mass is 377 g/mol. The topological polar surface area (TPSA) is 29.1 Å². The van der Waals surface area contributed by atoms with E-state index >= 15 is 0 Å². The third-order valence-electron chi connectivity index (χ3n) is 3.23. The summed E-state index contributed by atoms with van der Waals surface area (Å²) in [6.45, 7) is 3.03. The highest BCUT2D eigenvalue weighted by atomic mass is 127. The molecule has 0 spiro atoms. The summed E-state index contributed by atoms with van der Waals surface area (Å²) in [4.78, 5) is 11.0. The molecular formula is C16H28INO. The van der Waals surface area contributed by atoms with Gasteiger partial charge in [-0.15, -0.1) is 0 Å². The van der Waals surface area contributed by atoms with Crippen molar-refractivity contribution in [3.8, 4) is 9.85 Å². The zero-order valence-electron chi connectivity index (χ0n) is 12.3. The summed E-state index contributed by atoms with van der Waals surface area (Å²) in [6, 6.07) is 0. The van der Waals surface area contributed by atoms with E-state index in [2.05, 4.69) is 22.1 Å². The van der Waals surface area contributed by atoms with E-state index in [4.69, 9.17) is 0 Å². The quantitative estimate of drug-likeness (QED) is 0.295. The molecule has 0 radical (unpaired) electrons. The van der Waals surface area contributed by atoms with Gasteiger partial charge in [0.05, 0.1) is 0 Å². The van der Waals surface area contributed by atoms with Gasteiger partial charge in [0.25, 0.3) is 5.91 Å². The molecule has 0 saturated heterocycles. The van der Waals surface area contributed by atoms with Crippen LogP contribution in [0.3, 0.4) is 0 Å². The lowest BCUT2D eigenvalue weighted by atomic mass is 10.1. The van der Waals surface area contributed by atoms with Crippen molar-refractivity contribution in [2.75, 3.05) is 6.54 Å². The molecule has 0 aromatic carbocycles. The van der Waals surface area contributed by atoms with Crippen LogP contribution in [0.15, 0.2) is 0 Å². The van der Waals surface area contributed by atoms with Gasteiger partial charge < -0.3 is 5.32 Å². The van der Waals surface area contributed by atoms with E-state index in [-0.39, 0.29) is 5.91 Å². The summed E-state index contributed by atoms with van der Waals surface area (Å²) >= 11 is 1.88. The highest BCUT2D eigenvalue weighted by molar-refractivity contribution is 14.1. The summed E-state index contributed by atoms with van der Waals surface area (Å²) in [5.41, 5.74) is 0. The molecule has 0 unspecified atom stereocenters. The third kappa shape index (κ3) is 15.7. The van der Waals surface area contributed by atoms with E-state index in [1.807, 2.05) is 22.6 Å². The second-order valence-electron chi connectivity index (χ2n) is 5.01. The van der Waals surface area contributed by atoms with Crippen molar-refractivity contribution in [3.05, 3.63) is 0 Å². The maximum Gasteiger partial charge on any atom is 0.296 e. The number of nitrogens with one attached hydrogen (secondary N) is 1. The molecule has 0 aliphatic carbocycles. The van der Waals surface area contributed by atoms with Crippen LogP contribution in [0.25, 0.3) is 0 Å². The summed E-state index contributed by atoms with van der Waals surface area (Å²) < 4.78 is 2.57. The maximum atomic E-state index is 11.0. The summed E-state index contributed by atoms with van der Waals surface area (Å²) in [6.07, 6.45) is 14.7. The molecule has 110 valence electrons. The second-order valence-corrected chi connectivity index (χ2v) is 5.55. The van der Waals surface area contributed by atoms with Gasteiger partial charge in [-0.05, 0) is 10.3 Å². The number of carbonyl (C=O) groups excluding carboxylic acids is 1. The van der Waals surface area contributed by atoms with Crippen LogP contribution >= 0.6 is 22.6 Å². The molecule has 1 N–H and O–H groups in total. The van der Waals surface area contributed by atoms with Gasteiger partial charge in [-0.2, -0.15) is 0 Å². The molecule has 3 heteroatoms. The van der Waals surface area contributed by atoms with E-state index in [0.29, 0.717) is 0 Å². The van der Waals surface area contributed by atoms with Gasteiger partial charge in [0.1, 0.15) is 0 Å². The Morgan fingerprint density at radius 3 is 1.84 bits per heavy atom. The number of hydrogen-bond donors (Lipinski definition) is 1. The van der Waals surface area contributed by atoms with Crippen molar-refractivity contribution in [2.24, 2.45) is 0 Å². The highest BCUT2D eigenvalue weighted by Crippen LogP contribution is 2.10. The van der Waals surface area contributed by atoms with Gasteiger partial charge >= 0.3 is 0 Å². The Morgan fingerprint density at radius 2 is 1.37 bits per heavy atom. The summed E-state index contributed by atoms with van der Waals surface area (Å²) in [5.74, 6) is 2.32. The first-order valence-electron chi connectivity index (χ1n) is 7.70. The SMILES string of the molecule is CCCCCCCCCCCCCNC(=O)C#CI. The van der Waals surface area contributed by atoms with Crippen LogP contribution in [-0.4, -0.2) is 12.5 Å². The van der Waals surface area contributed by atoms with Crippen LogP contribution in [0.1, 0.15) is 77.6 Å². The van der Waals surface area contributed by atoms with Gasteiger partial charge in [-0.1, -0.05) is 71.1 Å². The van der Waals surface area contributed by atoms with Crippen LogP contribution in [0, 0.1) is 9.85 Å². The fourth-order valence-electron chi connectivity index (χ4n) is 2.08. The van der Waals surface area contributed by atoms with Crippen molar-refractivity contribution in [1.29, 1.82) is 0 Å². The Kier molecular flexibility index (Phi) is 15.6. The lowest BCUT2D eigenvalue weighted by molar-refractivity contribution is -0.115. The maximum absolute atomic E-state index is 11.0. The van der Waals surface area contributed by atoms with E-state index < -0.39 is 0 Å². The lowest BCUT2D eigenvalue weighted by Gasteiger charge is -2.03. The molecule has 2 nitrogen and oxygen atoms in total. The zero-order chi connectivity index (χ0) is 14.2. The Morgan fingerprint density at radius 1 is 0.895 bits per heavy atom. The molecule has 1 amide bonds. The number of hydrogen-bond acceptors (Lipinski definition) is 1. The number of rotatable bonds is 12. The van der Waals surface area contributed by atoms with Crippen LogP contribution in [0.2, 0.25) is 0 Å². The Labute approximate surface area is 132 Å². The molecular weight excluding hydrogens is 349 g/mol. The van der Waals surface area contributed by atoms with Crippen molar-refractivity contribution in [2.45, 2.75) is 77.6 Å². The number of amides is 1. The molecule has 0 aromatic heterocycles. The predicted molar refractivity (Wildman–Crippen MR) is 91.3 cm³/mol. The fraction of sp³-hybridized carbons (Fsp3) is 0.812. The van der Waals surface area contributed by atoms with Gasteiger partial charge in [-0.3, -0.25) is 4.79 Å². The van der Waals surface area contributed by atoms with E-state index in [0.717, 1.165) is 13.0 Å². The molecule has 0 fully saturated rings. The van der Waals surface area contributed by atoms with Crippen molar-refractivity contribution in [3.63, 3.8) is 0 Å². The minimum atomic E-state index is -0.151. The molecule has 0 aliphatic rings. The fourth-order valence-corrected chi connectivity index (χ4v) is 2.32. The van der Waals surface area contributed by atoms with E-state index in [1.54, 1.807) is 0 Å². The van der Waals surface area contributed by atoms with E-state index in [1.165, 1.54) is 64.2 Å². The normalized spacial score (nSPS) is 9.79. The first-order valence-corrected chi connectivity index (χ1v) is 8.78. The predicted octanol–water partition coefficient (Wildman–Crippen LogP) is 4.81. The minimum absolute atomic E-state index is 0.151. The second kappa shape index (κ2) is 15.8. The molecule has 19 heavy (non-hydrogen) atoms. The Balaban J connectivity index is 3.06. The first-order chi connectivity index (χ1) is 9.31. The van der Waals surface area contributed by atoms with Gasteiger partial charge in [-0.25, -0.2) is 0 Å². The third-order valence-corrected chi connectivity index (χ3v) is 3.50. The smallest absolute Gasteiger partial charge is 0.296 e. The summed E-state index contributed by atoms with van der Waals surface area (Å²) in [7, 11) is 0. The Hall–Kier alpha value is -0.240. The first kappa shape index (κ1) is 18.8. The van der Waals surface area contributed by atoms with Crippen LogP contribution in [0.5, 0.6) is 0 Å². The molecule has 0 aromatic rings. The van der Waals surface area contributed by atoms with Crippen molar-refractivity contribution < 1.29 is 4.79 Å². The minimum Gasteiger partial charge on any atom is -0.345 e. The number of halogens is 1. The van der Waals surface area contributed by atoms with Crippen LogP contribution in [-0.2, 0) is 4.79 Å². The van der Waals surface area contributed by atoms with Crippen molar-refractivity contribution in [1.82, 2.24) is 5.32 Å². The van der Waals surface area contributed by atoms with Gasteiger partial charge in [0, 0.05) is 35.1 Å². The highest BCUT2D eigenvalue weighted by Gasteiger charge is 1.95. The summed E-state index contributed by atoms with van der Waals surface area (Å²) in [5, 5.41) is 2.80. The largest absolute Gasteiger partial charge is 0.345 e. The standard InChI is InChI=1S/C16H28INO/c1-2-3-4-5-6-7-8-9-10-11-12-15-18-16(19)13-14-17/h2-12,15H2,1H3,(H,18,19). The Bertz CT molecular complexity index is 268. The van der Waals surface area contributed by atoms with Crippen molar-refractivity contribution >= 4 is 28.5 Å². The molecule has 0 rings (SSSR count). The number of carbonyl (C=O) groups is 1. The average molecular weight is 377 g/mol. The zero-order valence-corrected chi connectivity index (χ0v) is 14.4. The molecule has 0 saturated carbocycles.